The molecular weight excluding hydrogens is 372 g/mol. The van der Waals surface area contributed by atoms with Crippen LogP contribution in [0.25, 0.3) is 11.3 Å². The van der Waals surface area contributed by atoms with E-state index in [1.165, 1.54) is 0 Å². The van der Waals surface area contributed by atoms with Gasteiger partial charge in [0.1, 0.15) is 11.3 Å². The predicted molar refractivity (Wildman–Crippen MR) is 107 cm³/mol. The van der Waals surface area contributed by atoms with Crippen LogP contribution in [0.2, 0.25) is 0 Å². The first-order chi connectivity index (χ1) is 14.0. The summed E-state index contributed by atoms with van der Waals surface area (Å²) in [6, 6.07) is 6.83. The van der Waals surface area contributed by atoms with Gasteiger partial charge >= 0.3 is 5.97 Å². The third-order valence-corrected chi connectivity index (χ3v) is 5.75. The van der Waals surface area contributed by atoms with Crippen molar-refractivity contribution < 1.29 is 19.4 Å². The summed E-state index contributed by atoms with van der Waals surface area (Å²) >= 11 is 0. The van der Waals surface area contributed by atoms with Crippen LogP contribution in [0.15, 0.2) is 30.5 Å². The van der Waals surface area contributed by atoms with Gasteiger partial charge in [0.2, 0.25) is 11.9 Å². The van der Waals surface area contributed by atoms with Gasteiger partial charge in [0.05, 0.1) is 12.3 Å². The number of piperidine rings is 1. The standard InChI is InChI=1S/C21H24N4O4/c1-2-29-17-4-3-14(11-15(17)19(27)28)16-5-8-22-20(24-16)25-9-6-21(7-10-25)12-18(26)23-13-21/h3-5,8,11H,2,6-7,9-10,12-13H2,1H3,(H,23,26)(H,27,28). The van der Waals surface area contributed by atoms with E-state index in [1.807, 2.05) is 13.0 Å². The van der Waals surface area contributed by atoms with Gasteiger partial charge in [-0.15, -0.1) is 0 Å². The number of carbonyl (C=O) groups is 2. The van der Waals surface area contributed by atoms with Crippen molar-refractivity contribution in [3.63, 3.8) is 0 Å². The van der Waals surface area contributed by atoms with Crippen molar-refractivity contribution in [1.29, 1.82) is 0 Å². The third-order valence-electron chi connectivity index (χ3n) is 5.75. The molecule has 152 valence electrons. The molecule has 0 atom stereocenters. The van der Waals surface area contributed by atoms with Gasteiger partial charge in [0.15, 0.2) is 0 Å². The molecule has 2 aromatic rings. The van der Waals surface area contributed by atoms with Crippen LogP contribution < -0.4 is 15.0 Å². The quantitative estimate of drug-likeness (QED) is 0.799. The first kappa shape index (κ1) is 19.2. The molecule has 8 nitrogen and oxygen atoms in total. The van der Waals surface area contributed by atoms with E-state index in [4.69, 9.17) is 4.74 Å². The molecule has 2 saturated heterocycles. The number of hydrogen-bond donors (Lipinski definition) is 2. The van der Waals surface area contributed by atoms with Crippen LogP contribution in [0.3, 0.4) is 0 Å². The summed E-state index contributed by atoms with van der Waals surface area (Å²) in [5.41, 5.74) is 1.55. The van der Waals surface area contributed by atoms with Crippen molar-refractivity contribution in [2.75, 3.05) is 31.1 Å². The van der Waals surface area contributed by atoms with Crippen molar-refractivity contribution in [3.8, 4) is 17.0 Å². The second-order valence-electron chi connectivity index (χ2n) is 7.63. The van der Waals surface area contributed by atoms with Gasteiger partial charge in [-0.1, -0.05) is 0 Å². The molecule has 2 fully saturated rings. The molecule has 8 heteroatoms. The summed E-state index contributed by atoms with van der Waals surface area (Å²) in [5, 5.41) is 12.4. The lowest BCUT2D eigenvalue weighted by Crippen LogP contribution is -2.41. The van der Waals surface area contributed by atoms with E-state index >= 15 is 0 Å². The van der Waals surface area contributed by atoms with Crippen LogP contribution in [0, 0.1) is 5.41 Å². The van der Waals surface area contributed by atoms with Crippen LogP contribution in [-0.2, 0) is 4.79 Å². The van der Waals surface area contributed by atoms with Crippen molar-refractivity contribution in [2.45, 2.75) is 26.2 Å². The van der Waals surface area contributed by atoms with Gasteiger partial charge < -0.3 is 20.1 Å². The zero-order valence-electron chi connectivity index (χ0n) is 16.4. The highest BCUT2D eigenvalue weighted by Crippen LogP contribution is 2.38. The number of hydrogen-bond acceptors (Lipinski definition) is 6. The maximum atomic E-state index is 11.6. The average molecular weight is 396 g/mol. The third kappa shape index (κ3) is 3.87. The molecule has 0 unspecified atom stereocenters. The summed E-state index contributed by atoms with van der Waals surface area (Å²) in [6.45, 7) is 4.56. The molecular formula is C21H24N4O4. The zero-order valence-corrected chi connectivity index (χ0v) is 16.4. The summed E-state index contributed by atoms with van der Waals surface area (Å²) in [6.07, 6.45) is 4.14. The molecule has 1 aromatic carbocycles. The van der Waals surface area contributed by atoms with E-state index in [1.54, 1.807) is 24.4 Å². The molecule has 1 spiro atoms. The molecule has 0 saturated carbocycles. The second kappa shape index (κ2) is 7.69. The van der Waals surface area contributed by atoms with Crippen molar-refractivity contribution in [2.24, 2.45) is 5.41 Å². The minimum atomic E-state index is -1.04. The van der Waals surface area contributed by atoms with Crippen molar-refractivity contribution in [3.05, 3.63) is 36.0 Å². The Hall–Kier alpha value is -3.16. The predicted octanol–water partition coefficient (Wildman–Crippen LogP) is 2.35. The number of carbonyl (C=O) groups excluding carboxylic acids is 1. The minimum absolute atomic E-state index is 0.0662. The molecule has 0 aliphatic carbocycles. The van der Waals surface area contributed by atoms with E-state index in [2.05, 4.69) is 20.2 Å². The number of amides is 1. The number of ether oxygens (including phenoxy) is 1. The number of anilines is 1. The maximum Gasteiger partial charge on any atom is 0.339 e. The van der Waals surface area contributed by atoms with Gasteiger partial charge in [-0.25, -0.2) is 14.8 Å². The van der Waals surface area contributed by atoms with Gasteiger partial charge in [0, 0.05) is 37.8 Å². The highest BCUT2D eigenvalue weighted by Gasteiger charge is 2.41. The number of aromatic nitrogens is 2. The first-order valence-electron chi connectivity index (χ1n) is 9.85. The SMILES string of the molecule is CCOc1ccc(-c2ccnc(N3CCC4(CC3)CNC(=O)C4)n2)cc1C(=O)O. The first-order valence-corrected chi connectivity index (χ1v) is 9.85. The Labute approximate surface area is 168 Å². The Balaban J connectivity index is 1.54. The average Bonchev–Trinajstić information content (AvgIpc) is 3.09. The fraction of sp³-hybridized carbons (Fsp3) is 0.429. The van der Waals surface area contributed by atoms with Gasteiger partial charge in [0.25, 0.3) is 0 Å². The minimum Gasteiger partial charge on any atom is -0.493 e. The fourth-order valence-electron chi connectivity index (χ4n) is 4.09. The smallest absolute Gasteiger partial charge is 0.339 e. The molecule has 2 aliphatic heterocycles. The lowest BCUT2D eigenvalue weighted by Gasteiger charge is -2.38. The lowest BCUT2D eigenvalue weighted by molar-refractivity contribution is -0.119. The van der Waals surface area contributed by atoms with Crippen molar-refractivity contribution in [1.82, 2.24) is 15.3 Å². The van der Waals surface area contributed by atoms with E-state index in [0.29, 0.717) is 36.0 Å². The van der Waals surface area contributed by atoms with Crippen LogP contribution in [-0.4, -0.2) is 53.2 Å². The Morgan fingerprint density at radius 2 is 2.10 bits per heavy atom. The molecule has 2 N–H and O–H groups in total. The number of benzene rings is 1. The maximum absolute atomic E-state index is 11.6. The number of nitrogens with one attached hydrogen (secondary N) is 1. The summed E-state index contributed by atoms with van der Waals surface area (Å²) in [4.78, 5) is 34.4. The number of nitrogens with zero attached hydrogens (tertiary/aromatic N) is 3. The number of carboxylic acids is 1. The van der Waals surface area contributed by atoms with Crippen LogP contribution >= 0.6 is 0 Å². The Bertz CT molecular complexity index is 938. The molecule has 4 rings (SSSR count). The molecule has 29 heavy (non-hydrogen) atoms. The molecule has 1 aromatic heterocycles. The van der Waals surface area contributed by atoms with E-state index in [9.17, 15) is 14.7 Å². The topological polar surface area (TPSA) is 105 Å². The molecule has 0 bridgehead atoms. The van der Waals surface area contributed by atoms with Gasteiger partial charge in [-0.3, -0.25) is 4.79 Å². The lowest BCUT2D eigenvalue weighted by atomic mass is 9.78. The van der Waals surface area contributed by atoms with E-state index < -0.39 is 5.97 Å². The van der Waals surface area contributed by atoms with E-state index in [-0.39, 0.29) is 16.9 Å². The number of rotatable bonds is 5. The zero-order chi connectivity index (χ0) is 20.4. The number of aromatic carboxylic acids is 1. The largest absolute Gasteiger partial charge is 0.493 e. The monoisotopic (exact) mass is 396 g/mol. The van der Waals surface area contributed by atoms with Crippen LogP contribution in [0.1, 0.15) is 36.5 Å². The highest BCUT2D eigenvalue weighted by molar-refractivity contribution is 5.92. The summed E-state index contributed by atoms with van der Waals surface area (Å²) in [7, 11) is 0. The summed E-state index contributed by atoms with van der Waals surface area (Å²) in [5.74, 6) is 0.0755. The summed E-state index contributed by atoms with van der Waals surface area (Å²) < 4.78 is 5.41. The van der Waals surface area contributed by atoms with Gasteiger partial charge in [-0.05, 0) is 49.4 Å². The Morgan fingerprint density at radius 3 is 2.76 bits per heavy atom. The van der Waals surface area contributed by atoms with Gasteiger partial charge in [-0.2, -0.15) is 0 Å². The highest BCUT2D eigenvalue weighted by atomic mass is 16.5. The van der Waals surface area contributed by atoms with Crippen LogP contribution in [0.4, 0.5) is 5.95 Å². The number of carboxylic acid groups (broad SMARTS) is 1. The molecule has 3 heterocycles. The Morgan fingerprint density at radius 1 is 1.31 bits per heavy atom. The molecule has 2 aliphatic rings. The normalized spacial score (nSPS) is 18.0. The molecule has 0 radical (unpaired) electrons. The molecule has 1 amide bonds. The fourth-order valence-corrected chi connectivity index (χ4v) is 4.09. The van der Waals surface area contributed by atoms with Crippen molar-refractivity contribution >= 4 is 17.8 Å². The van der Waals surface area contributed by atoms with Crippen LogP contribution in [0.5, 0.6) is 5.75 Å². The Kier molecular flexibility index (Phi) is 5.08. The second-order valence-corrected chi connectivity index (χ2v) is 7.63. The van der Waals surface area contributed by atoms with E-state index in [0.717, 1.165) is 32.5 Å².